The van der Waals surface area contributed by atoms with Crippen molar-refractivity contribution in [2.75, 3.05) is 61.5 Å². The molecule has 0 amide bonds. The molecule has 9 fully saturated rings. The third kappa shape index (κ3) is 50.0. The number of rotatable bonds is 39. The first-order valence-corrected chi connectivity index (χ1v) is 51.4. The summed E-state index contributed by atoms with van der Waals surface area (Å²) in [5, 5.41) is 0.0949. The highest BCUT2D eigenvalue weighted by atomic mass is 32.2. The van der Waals surface area contributed by atoms with Gasteiger partial charge < -0.3 is 90.0 Å². The van der Waals surface area contributed by atoms with Crippen molar-refractivity contribution in [3.63, 3.8) is 0 Å². The smallest absolute Gasteiger partial charge is 0.311 e. The van der Waals surface area contributed by atoms with Gasteiger partial charge in [-0.3, -0.25) is 71.9 Å². The Bertz CT molecular complexity index is 3690. The monoisotopic (exact) mass is 2030 g/mol. The molecule has 0 aromatic carbocycles. The summed E-state index contributed by atoms with van der Waals surface area (Å²) in [5.74, 6) is -8.01. The summed E-state index contributed by atoms with van der Waals surface area (Å²) >= 11 is 1.33. The Morgan fingerprint density at radius 1 is 0.312 bits per heavy atom. The fraction of sp³-hybridized carbons (Fsp3) is 0.858. The van der Waals surface area contributed by atoms with Gasteiger partial charge in [-0.2, -0.15) is 0 Å². The average Bonchev–Trinajstić information content (AvgIpc) is 0.750. The van der Waals surface area contributed by atoms with E-state index in [4.69, 9.17) is 75.8 Å². The second kappa shape index (κ2) is 61.2. The van der Waals surface area contributed by atoms with Crippen molar-refractivity contribution in [3.05, 3.63) is 0 Å². The Morgan fingerprint density at radius 3 is 0.752 bits per heavy atom. The topological polar surface area (TPSA) is 431 Å². The van der Waals surface area contributed by atoms with Gasteiger partial charge in [0.2, 0.25) is 0 Å². The van der Waals surface area contributed by atoms with Crippen LogP contribution in [0.15, 0.2) is 0 Å². The van der Waals surface area contributed by atoms with Crippen LogP contribution in [0.2, 0.25) is 0 Å². The van der Waals surface area contributed by atoms with Crippen LogP contribution in [0, 0.1) is 118 Å². The maximum atomic E-state index is 12.8. The van der Waals surface area contributed by atoms with Crippen LogP contribution < -0.4 is 0 Å². The number of ketones is 1. The molecule has 35 heteroatoms. The Hall–Kier alpha value is -7.44. The molecule has 8 bridgehead atoms. The molecular weight excluding hydrogens is 1850 g/mol. The largest absolute Gasteiger partial charge is 0.462 e. The molecule has 9 aliphatic rings. The van der Waals surface area contributed by atoms with Crippen molar-refractivity contribution in [1.82, 2.24) is 0 Å². The summed E-state index contributed by atoms with van der Waals surface area (Å²) < 4.78 is 97.2. The van der Waals surface area contributed by atoms with Gasteiger partial charge in [-0.05, 0) is 250 Å². The fourth-order valence-corrected chi connectivity index (χ4v) is 18.5. The van der Waals surface area contributed by atoms with Crippen molar-refractivity contribution in [2.45, 2.75) is 408 Å². The minimum atomic E-state index is -0.625. The number of carbonyl (C=O) groups excluding carboxylic acids is 15. The molecule has 0 aromatic heterocycles. The van der Waals surface area contributed by atoms with Crippen molar-refractivity contribution < 1.29 is 162 Å². The molecule has 0 heterocycles. The fourth-order valence-electron chi connectivity index (χ4n) is 17.5. The molecule has 9 saturated carbocycles. The molecule has 9 rings (SSSR count). The van der Waals surface area contributed by atoms with E-state index in [1.54, 1.807) is 166 Å². The summed E-state index contributed by atoms with van der Waals surface area (Å²) in [6, 6.07) is 0. The summed E-state index contributed by atoms with van der Waals surface area (Å²) in [6.07, 6.45) is 14.3. The summed E-state index contributed by atoms with van der Waals surface area (Å²) in [7, 11) is 4.25. The number of thioether (sulfide) groups is 1. The van der Waals surface area contributed by atoms with Crippen LogP contribution in [0.1, 0.15) is 345 Å². The van der Waals surface area contributed by atoms with Crippen molar-refractivity contribution in [3.8, 4) is 0 Å². The standard InChI is InChI=1S/C20H32O4.C20H32O3S.C16H26O5.C14H26O6.C14H26O5.C12H22O5.C10H18O6/c1-12(17(21)23-19(3,4)5)13(2)18(22)24-20-9-14-6-15(10-20)8-16(7-14)11-20;1-12(13(2)18(22)24-19(3,4)5)17(21)23-20-9-14-6-15(10-20)8-16(7-14)11-20;1-10(11(2)15(19)21-16(3,4)5)14(18)20-13-8-6-7-12(17)9-13;1-7-17-11(5)19-13(15)9(3)10(4)14(16)20-12(6)18-8-2;1-8-17-11(4)18-12(15)9(2)10(3)13(16)19-14(5,6)7;1-8(10(13)16-7-15-6)9(2)11(14)17-12(3,4)5;1-7(9(11)15-5-13-3)8(2)10(12)16-6-14-4/h2*12-16H,6-11H2,1-5H3;10-11,13H,6-9H2,1-5H3;9-12H,7-8H2,1-6H3;9-11H,8H2,1-7H3;8-9H,7H2,1-6H3;7-8H,5-6H2,1-4H3. The van der Waals surface area contributed by atoms with Gasteiger partial charge in [0.15, 0.2) is 44.4 Å². The molecule has 9 aliphatic carbocycles. The van der Waals surface area contributed by atoms with Gasteiger partial charge in [-0.1, -0.05) is 129 Å². The van der Waals surface area contributed by atoms with E-state index in [0.29, 0.717) is 39.1 Å². The predicted molar refractivity (Wildman–Crippen MR) is 527 cm³/mol. The number of esters is 13. The number of carbonyl (C=O) groups is 15. The van der Waals surface area contributed by atoms with E-state index in [9.17, 15) is 71.9 Å². The molecular formula is C106H182O34S. The lowest BCUT2D eigenvalue weighted by atomic mass is 9.54. The maximum Gasteiger partial charge on any atom is 0.311 e. The maximum absolute atomic E-state index is 12.8. The Labute approximate surface area is 846 Å². The van der Waals surface area contributed by atoms with E-state index in [2.05, 4.69) is 14.2 Å². The van der Waals surface area contributed by atoms with Gasteiger partial charge >= 0.3 is 77.6 Å². The molecule has 18 atom stereocenters. The van der Waals surface area contributed by atoms with E-state index >= 15 is 0 Å². The highest BCUT2D eigenvalue weighted by molar-refractivity contribution is 8.14. The van der Waals surface area contributed by atoms with Crippen LogP contribution in [-0.4, -0.2) is 213 Å². The van der Waals surface area contributed by atoms with Gasteiger partial charge in [0.1, 0.15) is 45.5 Å². The van der Waals surface area contributed by atoms with Gasteiger partial charge in [-0.15, -0.1) is 0 Å². The van der Waals surface area contributed by atoms with E-state index in [0.717, 1.165) is 80.5 Å². The molecule has 0 N–H and O–H groups in total. The second-order valence-electron chi connectivity index (χ2n) is 44.4. The molecule has 0 aliphatic heterocycles. The van der Waals surface area contributed by atoms with Crippen LogP contribution in [0.25, 0.3) is 0 Å². The van der Waals surface area contributed by atoms with Crippen LogP contribution in [0.4, 0.5) is 0 Å². The number of hydrogen-bond donors (Lipinski definition) is 0. The summed E-state index contributed by atoms with van der Waals surface area (Å²) in [6.45, 7) is 62.7. The van der Waals surface area contributed by atoms with Crippen molar-refractivity contribution in [1.29, 1.82) is 0 Å². The lowest BCUT2D eigenvalue weighted by Gasteiger charge is -2.55. The molecule has 34 nitrogen and oxygen atoms in total. The molecule has 0 spiro atoms. The molecule has 141 heavy (non-hydrogen) atoms. The Morgan fingerprint density at radius 2 is 0.532 bits per heavy atom. The molecule has 0 saturated heterocycles. The number of methoxy groups -OCH3 is 3. The van der Waals surface area contributed by atoms with Crippen LogP contribution in [-0.2, 0) is 162 Å². The third-order valence-electron chi connectivity index (χ3n) is 25.8. The highest BCUT2D eigenvalue weighted by Gasteiger charge is 2.56. The minimum absolute atomic E-state index is 0.0949. The van der Waals surface area contributed by atoms with Crippen LogP contribution in [0.5, 0.6) is 0 Å². The van der Waals surface area contributed by atoms with E-state index in [1.807, 2.05) is 76.2 Å². The van der Waals surface area contributed by atoms with E-state index in [-0.39, 0.29) is 83.1 Å². The molecule has 0 aromatic rings. The highest BCUT2D eigenvalue weighted by Crippen LogP contribution is 2.59. The first-order chi connectivity index (χ1) is 64.9. The quantitative estimate of drug-likeness (QED) is 0.0313. The second-order valence-corrected chi connectivity index (χ2v) is 46.3. The molecule has 18 unspecified atom stereocenters. The summed E-state index contributed by atoms with van der Waals surface area (Å²) in [4.78, 5) is 179. The average molecular weight is 2030 g/mol. The number of Topliss-reactive ketones (excluding diaryl/α,β-unsaturated/α-hetero) is 1. The van der Waals surface area contributed by atoms with E-state index in [1.165, 1.54) is 71.6 Å². The SMILES string of the molecule is CC(C(=O)OC(C)(C)C)C(C)C(=O)OC12CC3CC(CC(C3)C1)C2.CC(C(=O)OC12CC3CC(CC(C3)C1)C2)C(C)C(=O)SC(C)(C)C.CC(C(=O)OC1CCCC(=O)C1)C(C)C(=O)OC(C)(C)C.CCOC(C)OC(=O)C(C)C(C)C(=O)OC(C)(C)C.CCOC(C)OC(=O)C(C)C(C)C(=O)OC(C)OCC.COCOC(=O)C(C)C(C)C(=O)OC(C)(C)C.COCOC(=O)C(C)C(C)C(=O)OCOC. The van der Waals surface area contributed by atoms with Gasteiger partial charge in [0, 0.05) is 64.7 Å². The zero-order valence-electron chi connectivity index (χ0n) is 92.7. The normalized spacial score (nSPS) is 23.9. The van der Waals surface area contributed by atoms with Crippen LogP contribution in [0.3, 0.4) is 0 Å². The zero-order valence-corrected chi connectivity index (χ0v) is 93.5. The first-order valence-electron chi connectivity index (χ1n) is 50.6. The van der Waals surface area contributed by atoms with Gasteiger partial charge in [0.05, 0.1) is 76.9 Å². The zero-order chi connectivity index (χ0) is 109. The van der Waals surface area contributed by atoms with Gasteiger partial charge in [0.25, 0.3) is 0 Å². The van der Waals surface area contributed by atoms with E-state index < -0.39 is 172 Å². The first kappa shape index (κ1) is 132. The Kier molecular flexibility index (Phi) is 57.1. The predicted octanol–water partition coefficient (Wildman–Crippen LogP) is 18.5. The number of ether oxygens (including phenoxy) is 19. The summed E-state index contributed by atoms with van der Waals surface area (Å²) in [5.41, 5.74) is -2.68. The van der Waals surface area contributed by atoms with Crippen LogP contribution >= 0.6 is 11.8 Å². The van der Waals surface area contributed by atoms with Crippen molar-refractivity contribution >= 4 is 100 Å². The lowest BCUT2D eigenvalue weighted by molar-refractivity contribution is -0.194. The Balaban J connectivity index is 0.000000827. The van der Waals surface area contributed by atoms with Gasteiger partial charge in [-0.25, -0.2) is 0 Å². The van der Waals surface area contributed by atoms with Crippen molar-refractivity contribution in [2.24, 2.45) is 118 Å². The molecule has 816 valence electrons. The third-order valence-corrected chi connectivity index (χ3v) is 27.0. The molecule has 0 radical (unpaired) electrons. The minimum Gasteiger partial charge on any atom is -0.462 e. The number of hydrogen-bond acceptors (Lipinski definition) is 35. The lowest BCUT2D eigenvalue weighted by Crippen LogP contribution is -2.53.